The average Bonchev–Trinajstić information content (AvgIpc) is 2.19. The van der Waals surface area contributed by atoms with E-state index in [1.807, 2.05) is 6.07 Å². The third-order valence-corrected chi connectivity index (χ3v) is 2.81. The van der Waals surface area contributed by atoms with E-state index in [1.54, 1.807) is 12.5 Å². The van der Waals surface area contributed by atoms with E-state index in [2.05, 4.69) is 21.9 Å². The third kappa shape index (κ3) is 1.91. The fourth-order valence-corrected chi connectivity index (χ4v) is 2.05. The highest BCUT2D eigenvalue weighted by Gasteiger charge is 2.25. The zero-order valence-electron chi connectivity index (χ0n) is 8.43. The van der Waals surface area contributed by atoms with Gasteiger partial charge in [-0.25, -0.2) is 9.97 Å². The van der Waals surface area contributed by atoms with Crippen LogP contribution in [0.4, 0.5) is 0 Å². The predicted molar refractivity (Wildman–Crippen MR) is 54.6 cm³/mol. The van der Waals surface area contributed by atoms with Crippen LogP contribution in [-0.4, -0.2) is 34.5 Å². The summed E-state index contributed by atoms with van der Waals surface area (Å²) < 4.78 is 0. The number of piperidine rings is 1. The summed E-state index contributed by atoms with van der Waals surface area (Å²) >= 11 is 0. The molecule has 4 nitrogen and oxygen atoms in total. The molecule has 0 radical (unpaired) electrons. The first-order valence-corrected chi connectivity index (χ1v) is 4.99. The predicted octanol–water partition coefficient (Wildman–Crippen LogP) is 0.571. The molecule has 1 aromatic heterocycles. The molecule has 0 aromatic carbocycles. The van der Waals surface area contributed by atoms with Crippen molar-refractivity contribution in [1.82, 2.24) is 14.9 Å². The summed E-state index contributed by atoms with van der Waals surface area (Å²) in [5.74, 6) is 0. The van der Waals surface area contributed by atoms with Gasteiger partial charge in [-0.2, -0.15) is 0 Å². The van der Waals surface area contributed by atoms with Crippen molar-refractivity contribution in [2.24, 2.45) is 5.73 Å². The minimum atomic E-state index is 0.318. The van der Waals surface area contributed by atoms with Gasteiger partial charge in [0, 0.05) is 18.8 Å². The first-order valence-electron chi connectivity index (χ1n) is 4.99. The zero-order chi connectivity index (χ0) is 9.97. The lowest BCUT2D eigenvalue weighted by Gasteiger charge is -2.35. The van der Waals surface area contributed by atoms with Crippen LogP contribution < -0.4 is 5.73 Å². The second kappa shape index (κ2) is 4.02. The molecule has 0 amide bonds. The molecular weight excluding hydrogens is 176 g/mol. The smallest absolute Gasteiger partial charge is 0.115 e. The van der Waals surface area contributed by atoms with Gasteiger partial charge in [0.15, 0.2) is 0 Å². The maximum Gasteiger partial charge on any atom is 0.115 e. The van der Waals surface area contributed by atoms with Gasteiger partial charge in [-0.1, -0.05) is 0 Å². The van der Waals surface area contributed by atoms with Crippen LogP contribution in [0.15, 0.2) is 18.6 Å². The first kappa shape index (κ1) is 9.55. The van der Waals surface area contributed by atoms with Crippen molar-refractivity contribution in [1.29, 1.82) is 0 Å². The van der Waals surface area contributed by atoms with E-state index in [0.717, 1.165) is 25.1 Å². The normalized spacial score (nSPS) is 29.0. The van der Waals surface area contributed by atoms with Crippen LogP contribution in [-0.2, 0) is 0 Å². The number of likely N-dealkylation sites (tertiary alicyclic amines) is 1. The number of aromatic nitrogens is 2. The Morgan fingerprint density at radius 1 is 1.50 bits per heavy atom. The van der Waals surface area contributed by atoms with Crippen LogP contribution in [0.3, 0.4) is 0 Å². The maximum atomic E-state index is 5.89. The van der Waals surface area contributed by atoms with Gasteiger partial charge in [-0.05, 0) is 26.0 Å². The van der Waals surface area contributed by atoms with Crippen LogP contribution in [0.1, 0.15) is 24.6 Å². The highest BCUT2D eigenvalue weighted by molar-refractivity contribution is 5.06. The molecule has 4 heteroatoms. The van der Waals surface area contributed by atoms with Gasteiger partial charge >= 0.3 is 0 Å². The molecule has 76 valence electrons. The Balaban J connectivity index is 2.12. The lowest BCUT2D eigenvalue weighted by atomic mass is 9.97. The van der Waals surface area contributed by atoms with E-state index >= 15 is 0 Å². The Labute approximate surface area is 84.2 Å². The van der Waals surface area contributed by atoms with Gasteiger partial charge in [0.1, 0.15) is 6.33 Å². The number of nitrogens with two attached hydrogens (primary N) is 1. The summed E-state index contributed by atoms with van der Waals surface area (Å²) in [6.07, 6.45) is 5.58. The highest BCUT2D eigenvalue weighted by Crippen LogP contribution is 2.26. The van der Waals surface area contributed by atoms with Crippen LogP contribution in [0.2, 0.25) is 0 Å². The molecule has 1 saturated heterocycles. The van der Waals surface area contributed by atoms with Gasteiger partial charge in [-0.15, -0.1) is 0 Å². The molecule has 2 heterocycles. The number of hydrogen-bond donors (Lipinski definition) is 1. The molecule has 0 aliphatic carbocycles. The van der Waals surface area contributed by atoms with Gasteiger partial charge in [0.25, 0.3) is 0 Å². The molecule has 14 heavy (non-hydrogen) atoms. The quantitative estimate of drug-likeness (QED) is 0.707. The van der Waals surface area contributed by atoms with E-state index in [0.29, 0.717) is 12.1 Å². The topological polar surface area (TPSA) is 55.0 Å². The number of likely N-dealkylation sites (N-methyl/N-ethyl adjacent to an activating group) is 1. The molecule has 1 aliphatic rings. The van der Waals surface area contributed by atoms with Gasteiger partial charge in [-0.3, -0.25) is 4.90 Å². The summed E-state index contributed by atoms with van der Waals surface area (Å²) in [5.41, 5.74) is 7.00. The van der Waals surface area contributed by atoms with Crippen molar-refractivity contribution >= 4 is 0 Å². The summed E-state index contributed by atoms with van der Waals surface area (Å²) in [4.78, 5) is 10.5. The zero-order valence-corrected chi connectivity index (χ0v) is 8.43. The number of nitrogens with zero attached hydrogens (tertiary/aromatic N) is 3. The summed E-state index contributed by atoms with van der Waals surface area (Å²) in [7, 11) is 2.10. The monoisotopic (exact) mass is 192 g/mol. The van der Waals surface area contributed by atoms with Gasteiger partial charge < -0.3 is 5.73 Å². The fourth-order valence-electron chi connectivity index (χ4n) is 2.05. The van der Waals surface area contributed by atoms with E-state index in [9.17, 15) is 0 Å². The fraction of sp³-hybridized carbons (Fsp3) is 0.600. The van der Waals surface area contributed by atoms with Crippen molar-refractivity contribution in [2.75, 3.05) is 13.6 Å². The van der Waals surface area contributed by atoms with E-state index < -0.39 is 0 Å². The Morgan fingerprint density at radius 2 is 2.36 bits per heavy atom. The van der Waals surface area contributed by atoms with Crippen molar-refractivity contribution in [3.05, 3.63) is 24.3 Å². The van der Waals surface area contributed by atoms with Crippen LogP contribution in [0.25, 0.3) is 0 Å². The Hall–Kier alpha value is -1.00. The lowest BCUT2D eigenvalue weighted by molar-refractivity contribution is 0.166. The SMILES string of the molecule is CN1CC(N)CCC1c1ccncn1. The lowest BCUT2D eigenvalue weighted by Crippen LogP contribution is -2.42. The molecular formula is C10H16N4. The van der Waals surface area contributed by atoms with Crippen LogP contribution in [0, 0.1) is 0 Å². The average molecular weight is 192 g/mol. The maximum absolute atomic E-state index is 5.89. The Morgan fingerprint density at radius 3 is 3.00 bits per heavy atom. The van der Waals surface area contributed by atoms with E-state index in [1.165, 1.54) is 0 Å². The van der Waals surface area contributed by atoms with Crippen molar-refractivity contribution in [3.8, 4) is 0 Å². The third-order valence-electron chi connectivity index (χ3n) is 2.81. The molecule has 2 atom stereocenters. The summed E-state index contributed by atoms with van der Waals surface area (Å²) in [6, 6.07) is 2.72. The second-order valence-electron chi connectivity index (χ2n) is 3.93. The summed E-state index contributed by atoms with van der Waals surface area (Å²) in [6.45, 7) is 0.953. The molecule has 1 aliphatic heterocycles. The van der Waals surface area contributed by atoms with Gasteiger partial charge in [0.2, 0.25) is 0 Å². The number of hydrogen-bond acceptors (Lipinski definition) is 4. The molecule has 1 fully saturated rings. The van der Waals surface area contributed by atoms with Crippen LogP contribution in [0.5, 0.6) is 0 Å². The minimum absolute atomic E-state index is 0.318. The number of rotatable bonds is 1. The van der Waals surface area contributed by atoms with Crippen molar-refractivity contribution < 1.29 is 0 Å². The Kier molecular flexibility index (Phi) is 2.74. The largest absolute Gasteiger partial charge is 0.327 e. The molecule has 1 aromatic rings. The standard InChI is InChI=1S/C10H16N4/c1-14-6-8(11)2-3-10(14)9-4-5-12-7-13-9/h4-5,7-8,10H,2-3,6,11H2,1H3. The second-order valence-corrected chi connectivity index (χ2v) is 3.93. The van der Waals surface area contributed by atoms with Crippen LogP contribution >= 0.6 is 0 Å². The molecule has 2 rings (SSSR count). The minimum Gasteiger partial charge on any atom is -0.327 e. The van der Waals surface area contributed by atoms with Gasteiger partial charge in [0.05, 0.1) is 11.7 Å². The molecule has 2 unspecified atom stereocenters. The molecule has 0 saturated carbocycles. The molecule has 0 bridgehead atoms. The van der Waals surface area contributed by atoms with E-state index in [4.69, 9.17) is 5.73 Å². The van der Waals surface area contributed by atoms with Crippen molar-refractivity contribution in [3.63, 3.8) is 0 Å². The summed E-state index contributed by atoms with van der Waals surface area (Å²) in [5, 5.41) is 0. The Bertz CT molecular complexity index is 287. The van der Waals surface area contributed by atoms with Crippen molar-refractivity contribution in [2.45, 2.75) is 24.9 Å². The highest BCUT2D eigenvalue weighted by atomic mass is 15.2. The molecule has 2 N–H and O–H groups in total. The van der Waals surface area contributed by atoms with E-state index in [-0.39, 0.29) is 0 Å². The first-order chi connectivity index (χ1) is 6.77. The molecule has 0 spiro atoms.